The lowest BCUT2D eigenvalue weighted by Crippen LogP contribution is -2.17. The molecule has 3 rings (SSSR count). The van der Waals surface area contributed by atoms with Crippen LogP contribution in [-0.4, -0.2) is 39.2 Å². The number of fused-ring (bicyclic) bond motifs is 3. The number of nitrogens with zero attached hydrogens (tertiary/aromatic N) is 3. The Morgan fingerprint density at radius 3 is 3.05 bits per heavy atom. The molecule has 1 aromatic carbocycles. The Bertz CT molecular complexity index is 851. The quantitative estimate of drug-likeness (QED) is 0.659. The maximum absolute atomic E-state index is 11.8. The minimum atomic E-state index is -0.434. The van der Waals surface area contributed by atoms with Gasteiger partial charge in [0.2, 0.25) is 5.65 Å². The number of hydrogen-bond acceptors (Lipinski definition) is 6. The van der Waals surface area contributed by atoms with E-state index < -0.39 is 5.97 Å². The van der Waals surface area contributed by atoms with Crippen LogP contribution < -0.4 is 11.0 Å². The molecule has 0 aliphatic heterocycles. The van der Waals surface area contributed by atoms with Crippen molar-refractivity contribution in [2.24, 2.45) is 0 Å². The van der Waals surface area contributed by atoms with Crippen LogP contribution in [0.1, 0.15) is 0 Å². The number of ether oxygens (including phenoxy) is 1. The average molecular weight is 273 g/mol. The molecule has 2 aromatic heterocycles. The molecule has 2 heterocycles. The highest BCUT2D eigenvalue weighted by atomic mass is 16.5. The van der Waals surface area contributed by atoms with Crippen LogP contribution in [0.15, 0.2) is 29.1 Å². The molecule has 0 saturated carbocycles. The summed E-state index contributed by atoms with van der Waals surface area (Å²) >= 11 is 0. The normalized spacial score (nSPS) is 10.8. The van der Waals surface area contributed by atoms with Gasteiger partial charge in [0.05, 0.1) is 18.1 Å². The average Bonchev–Trinajstić information content (AvgIpc) is 2.87. The molecule has 0 atom stereocenters. The minimum Gasteiger partial charge on any atom is -0.468 e. The predicted molar refractivity (Wildman–Crippen MR) is 71.6 cm³/mol. The number of anilines is 1. The van der Waals surface area contributed by atoms with Gasteiger partial charge in [-0.3, -0.25) is 4.79 Å². The smallest absolute Gasteiger partial charge is 0.348 e. The summed E-state index contributed by atoms with van der Waals surface area (Å²) < 4.78 is 5.96. The number of nitrogens with one attached hydrogen (secondary N) is 2. The van der Waals surface area contributed by atoms with Gasteiger partial charge in [0.1, 0.15) is 6.54 Å². The zero-order valence-electron chi connectivity index (χ0n) is 10.6. The molecule has 0 amide bonds. The number of benzene rings is 1. The fourth-order valence-electron chi connectivity index (χ4n) is 1.94. The van der Waals surface area contributed by atoms with Gasteiger partial charge < -0.3 is 10.1 Å². The van der Waals surface area contributed by atoms with Gasteiger partial charge in [0.15, 0.2) is 5.82 Å². The highest BCUT2D eigenvalue weighted by Gasteiger charge is 2.13. The van der Waals surface area contributed by atoms with Gasteiger partial charge in [0.25, 0.3) is 0 Å². The number of esters is 1. The number of carbonyl (C=O) groups excluding carboxylic acids is 1. The zero-order valence-corrected chi connectivity index (χ0v) is 10.6. The molecule has 102 valence electrons. The first-order chi connectivity index (χ1) is 9.70. The summed E-state index contributed by atoms with van der Waals surface area (Å²) in [6, 6.07) is 7.18. The second-order valence-corrected chi connectivity index (χ2v) is 4.07. The highest BCUT2D eigenvalue weighted by molar-refractivity contribution is 5.84. The second-order valence-electron chi connectivity index (χ2n) is 4.07. The Morgan fingerprint density at radius 2 is 2.25 bits per heavy atom. The van der Waals surface area contributed by atoms with Crippen molar-refractivity contribution in [3.05, 3.63) is 34.7 Å². The van der Waals surface area contributed by atoms with Gasteiger partial charge in [-0.15, -0.1) is 5.10 Å². The van der Waals surface area contributed by atoms with Crippen LogP contribution in [0.25, 0.3) is 16.7 Å². The lowest BCUT2D eigenvalue weighted by Gasteiger charge is -2.07. The Balaban J connectivity index is 2.20. The van der Waals surface area contributed by atoms with Crippen molar-refractivity contribution in [3.8, 4) is 0 Å². The molecule has 0 spiro atoms. The van der Waals surface area contributed by atoms with Crippen LogP contribution in [0, 0.1) is 0 Å². The number of para-hydroxylation sites is 2. The standard InChI is InChI=1S/C12H11N5O3/c1-20-9(18)6-13-10-11-15-16-12(19)17(11)8-5-3-2-4-7(8)14-10/h2-5H,6H2,1H3,(H,13,14)(H,16,19). The largest absolute Gasteiger partial charge is 0.468 e. The lowest BCUT2D eigenvalue weighted by molar-refractivity contribution is -0.138. The van der Waals surface area contributed by atoms with E-state index in [1.54, 1.807) is 12.1 Å². The van der Waals surface area contributed by atoms with Gasteiger partial charge in [0, 0.05) is 0 Å². The number of aromatic nitrogens is 4. The molecule has 20 heavy (non-hydrogen) atoms. The molecule has 8 nitrogen and oxygen atoms in total. The van der Waals surface area contributed by atoms with E-state index in [0.717, 1.165) is 0 Å². The summed E-state index contributed by atoms with van der Waals surface area (Å²) in [6.45, 7) is -0.0570. The van der Waals surface area contributed by atoms with Gasteiger partial charge in [-0.25, -0.2) is 19.3 Å². The third-order valence-corrected chi connectivity index (χ3v) is 2.87. The highest BCUT2D eigenvalue weighted by Crippen LogP contribution is 2.17. The van der Waals surface area contributed by atoms with Crippen molar-refractivity contribution in [2.75, 3.05) is 19.0 Å². The van der Waals surface area contributed by atoms with Crippen LogP contribution in [0.3, 0.4) is 0 Å². The van der Waals surface area contributed by atoms with E-state index in [0.29, 0.717) is 22.5 Å². The first kappa shape index (κ1) is 12.2. The van der Waals surface area contributed by atoms with E-state index >= 15 is 0 Å². The molecule has 0 unspecified atom stereocenters. The third kappa shape index (κ3) is 1.87. The van der Waals surface area contributed by atoms with Crippen LogP contribution >= 0.6 is 0 Å². The number of hydrogen-bond donors (Lipinski definition) is 2. The Morgan fingerprint density at radius 1 is 1.45 bits per heavy atom. The Hall–Kier alpha value is -2.90. The molecular formula is C12H11N5O3. The van der Waals surface area contributed by atoms with Crippen molar-refractivity contribution in [2.45, 2.75) is 0 Å². The van der Waals surface area contributed by atoms with Crippen molar-refractivity contribution in [3.63, 3.8) is 0 Å². The summed E-state index contributed by atoms with van der Waals surface area (Å²) in [4.78, 5) is 27.4. The van der Waals surface area contributed by atoms with E-state index in [9.17, 15) is 9.59 Å². The molecule has 0 bridgehead atoms. The predicted octanol–water partition coefficient (Wildman–Crippen LogP) is 0.156. The summed E-state index contributed by atoms with van der Waals surface area (Å²) in [6.07, 6.45) is 0. The Kier molecular flexibility index (Phi) is 2.82. The number of rotatable bonds is 3. The first-order valence-electron chi connectivity index (χ1n) is 5.87. The van der Waals surface area contributed by atoms with E-state index in [-0.39, 0.29) is 12.2 Å². The summed E-state index contributed by atoms with van der Waals surface area (Å²) in [5.41, 5.74) is 1.23. The fraction of sp³-hybridized carbons (Fsp3) is 0.167. The second kappa shape index (κ2) is 4.65. The van der Waals surface area contributed by atoms with Crippen molar-refractivity contribution < 1.29 is 9.53 Å². The molecular weight excluding hydrogens is 262 g/mol. The minimum absolute atomic E-state index is 0.0570. The maximum Gasteiger partial charge on any atom is 0.348 e. The van der Waals surface area contributed by atoms with Gasteiger partial charge in [-0.1, -0.05) is 12.1 Å². The van der Waals surface area contributed by atoms with E-state index in [4.69, 9.17) is 0 Å². The van der Waals surface area contributed by atoms with E-state index in [2.05, 4.69) is 25.2 Å². The van der Waals surface area contributed by atoms with Crippen molar-refractivity contribution in [1.29, 1.82) is 0 Å². The first-order valence-corrected chi connectivity index (χ1v) is 5.87. The van der Waals surface area contributed by atoms with Crippen molar-refractivity contribution >= 4 is 28.5 Å². The SMILES string of the molecule is COC(=O)CNc1nc2ccccc2n2c(=O)[nH]nc12. The molecule has 2 N–H and O–H groups in total. The number of carbonyl (C=O) groups is 1. The molecule has 0 aliphatic carbocycles. The summed E-state index contributed by atoms with van der Waals surface area (Å²) in [5.74, 6) is -0.0940. The third-order valence-electron chi connectivity index (χ3n) is 2.87. The molecule has 0 saturated heterocycles. The molecule has 8 heteroatoms. The van der Waals surface area contributed by atoms with E-state index in [1.165, 1.54) is 11.5 Å². The summed E-state index contributed by atoms with van der Waals surface area (Å²) in [5, 5.41) is 9.11. The molecule has 0 aliphatic rings. The van der Waals surface area contributed by atoms with Crippen molar-refractivity contribution in [1.82, 2.24) is 19.6 Å². The van der Waals surface area contributed by atoms with Crippen LogP contribution in [-0.2, 0) is 9.53 Å². The number of H-pyrrole nitrogens is 1. The topological polar surface area (TPSA) is 101 Å². The fourth-order valence-corrected chi connectivity index (χ4v) is 1.94. The van der Waals surface area contributed by atoms with Gasteiger partial charge in [-0.05, 0) is 12.1 Å². The van der Waals surface area contributed by atoms with Crippen LogP contribution in [0.2, 0.25) is 0 Å². The van der Waals surface area contributed by atoms with Gasteiger partial charge in [-0.2, -0.15) is 0 Å². The maximum atomic E-state index is 11.8. The van der Waals surface area contributed by atoms with E-state index in [1.807, 2.05) is 12.1 Å². The van der Waals surface area contributed by atoms with Gasteiger partial charge >= 0.3 is 11.7 Å². The summed E-state index contributed by atoms with van der Waals surface area (Å²) in [7, 11) is 1.30. The molecule has 3 aromatic rings. The number of methoxy groups -OCH3 is 1. The molecule has 0 radical (unpaired) electrons. The lowest BCUT2D eigenvalue weighted by atomic mass is 10.3. The monoisotopic (exact) mass is 273 g/mol. The van der Waals surface area contributed by atoms with Crippen LogP contribution in [0.5, 0.6) is 0 Å². The van der Waals surface area contributed by atoms with Crippen LogP contribution in [0.4, 0.5) is 5.82 Å². The Labute approximate surface area is 112 Å². The zero-order chi connectivity index (χ0) is 14.1. The number of aromatic amines is 1. The molecule has 0 fully saturated rings.